The van der Waals surface area contributed by atoms with Gasteiger partial charge in [-0.25, -0.2) is 8.42 Å². The highest BCUT2D eigenvalue weighted by molar-refractivity contribution is 7.92. The molecule has 8 heteroatoms. The molecule has 0 saturated carbocycles. The molecule has 7 nitrogen and oxygen atoms in total. The monoisotopic (exact) mass is 482 g/mol. The molecule has 0 atom stereocenters. The van der Waals surface area contributed by atoms with Gasteiger partial charge in [0.1, 0.15) is 24.7 Å². The first-order chi connectivity index (χ1) is 16.3. The predicted molar refractivity (Wildman–Crippen MR) is 133 cm³/mol. The number of anilines is 1. The summed E-state index contributed by atoms with van der Waals surface area (Å²) in [5.74, 6) is 0.663. The molecule has 0 bridgehead atoms. The molecular weight excluding hydrogens is 452 g/mol. The quantitative estimate of drug-likeness (QED) is 0.416. The van der Waals surface area contributed by atoms with Gasteiger partial charge < -0.3 is 14.8 Å². The highest BCUT2D eigenvalue weighted by atomic mass is 32.2. The number of benzene rings is 3. The van der Waals surface area contributed by atoms with E-state index in [1.807, 2.05) is 32.9 Å². The number of ether oxygens (including phenoxy) is 2. The minimum absolute atomic E-state index is 0.0900. The van der Waals surface area contributed by atoms with Crippen molar-refractivity contribution in [2.24, 2.45) is 0 Å². The van der Waals surface area contributed by atoms with E-state index in [0.29, 0.717) is 18.0 Å². The molecule has 3 aromatic carbocycles. The summed E-state index contributed by atoms with van der Waals surface area (Å²) in [7, 11) is -4.01. The van der Waals surface area contributed by atoms with Crippen molar-refractivity contribution in [1.82, 2.24) is 5.32 Å². The van der Waals surface area contributed by atoms with Crippen LogP contribution in [0, 0.1) is 13.8 Å². The summed E-state index contributed by atoms with van der Waals surface area (Å²) in [6.45, 7) is 6.25. The number of sulfonamides is 1. The van der Waals surface area contributed by atoms with Crippen LogP contribution in [-0.4, -0.2) is 40.6 Å². The highest BCUT2D eigenvalue weighted by Crippen LogP contribution is 2.32. The molecule has 1 N–H and O–H groups in total. The summed E-state index contributed by atoms with van der Waals surface area (Å²) < 4.78 is 39.4. The van der Waals surface area contributed by atoms with Crippen molar-refractivity contribution in [2.75, 3.05) is 30.6 Å². The third-order valence-corrected chi connectivity index (χ3v) is 6.71. The van der Waals surface area contributed by atoms with Crippen LogP contribution in [0.2, 0.25) is 0 Å². The molecule has 0 aliphatic carbocycles. The number of carbonyl (C=O) groups is 1. The molecule has 1 amide bonds. The first-order valence-electron chi connectivity index (χ1n) is 11.1. The number of rotatable bonds is 11. The van der Waals surface area contributed by atoms with E-state index in [0.717, 1.165) is 21.2 Å². The average molecular weight is 483 g/mol. The van der Waals surface area contributed by atoms with Crippen molar-refractivity contribution in [1.29, 1.82) is 0 Å². The fourth-order valence-electron chi connectivity index (χ4n) is 3.52. The van der Waals surface area contributed by atoms with Gasteiger partial charge in [-0.05, 0) is 68.3 Å². The zero-order valence-electron chi connectivity index (χ0n) is 19.7. The maximum atomic E-state index is 13.5. The summed E-state index contributed by atoms with van der Waals surface area (Å²) in [4.78, 5) is 12.9. The summed E-state index contributed by atoms with van der Waals surface area (Å²) in [6, 6.07) is 20.7. The Morgan fingerprint density at radius 3 is 2.24 bits per heavy atom. The van der Waals surface area contributed by atoms with Crippen molar-refractivity contribution in [3.05, 3.63) is 83.9 Å². The van der Waals surface area contributed by atoms with Gasteiger partial charge in [-0.3, -0.25) is 9.10 Å². The molecule has 0 heterocycles. The topological polar surface area (TPSA) is 84.9 Å². The minimum Gasteiger partial charge on any atom is -0.492 e. The Bertz CT molecular complexity index is 1190. The van der Waals surface area contributed by atoms with Crippen molar-refractivity contribution < 1.29 is 22.7 Å². The second-order valence-electron chi connectivity index (χ2n) is 7.75. The first-order valence-corrected chi connectivity index (χ1v) is 12.5. The van der Waals surface area contributed by atoms with E-state index in [9.17, 15) is 13.2 Å². The Labute approximate surface area is 201 Å². The van der Waals surface area contributed by atoms with Gasteiger partial charge in [0.15, 0.2) is 0 Å². The fourth-order valence-corrected chi connectivity index (χ4v) is 4.97. The number of aryl methyl sites for hydroxylation is 2. The Balaban J connectivity index is 1.74. The number of amides is 1. The van der Waals surface area contributed by atoms with E-state index in [4.69, 9.17) is 9.47 Å². The van der Waals surface area contributed by atoms with Crippen LogP contribution in [0.5, 0.6) is 11.5 Å². The maximum Gasteiger partial charge on any atom is 0.264 e. The molecule has 0 fully saturated rings. The number of para-hydroxylation sites is 2. The zero-order valence-corrected chi connectivity index (χ0v) is 20.5. The van der Waals surface area contributed by atoms with Crippen LogP contribution < -0.4 is 19.1 Å². The van der Waals surface area contributed by atoms with Gasteiger partial charge in [0, 0.05) is 0 Å². The molecule has 0 aliphatic rings. The number of carbonyl (C=O) groups excluding carboxylic acids is 1. The lowest BCUT2D eigenvalue weighted by Gasteiger charge is -2.26. The lowest BCUT2D eigenvalue weighted by molar-refractivity contribution is -0.119. The van der Waals surface area contributed by atoms with Crippen molar-refractivity contribution in [3.63, 3.8) is 0 Å². The minimum atomic E-state index is -4.01. The van der Waals surface area contributed by atoms with Crippen molar-refractivity contribution >= 4 is 21.6 Å². The molecule has 0 radical (unpaired) electrons. The largest absolute Gasteiger partial charge is 0.492 e. The fraction of sp³-hybridized carbons (Fsp3) is 0.269. The number of nitrogens with one attached hydrogen (secondary N) is 1. The van der Waals surface area contributed by atoms with E-state index in [-0.39, 0.29) is 18.0 Å². The van der Waals surface area contributed by atoms with Crippen LogP contribution >= 0.6 is 0 Å². The lowest BCUT2D eigenvalue weighted by atomic mass is 10.1. The Hall–Kier alpha value is -3.52. The van der Waals surface area contributed by atoms with Crippen molar-refractivity contribution in [3.8, 4) is 11.5 Å². The molecular formula is C26H30N2O5S. The lowest BCUT2D eigenvalue weighted by Crippen LogP contribution is -2.42. The van der Waals surface area contributed by atoms with Gasteiger partial charge in [0.25, 0.3) is 10.0 Å². The van der Waals surface area contributed by atoms with E-state index in [2.05, 4.69) is 11.4 Å². The van der Waals surface area contributed by atoms with Gasteiger partial charge >= 0.3 is 0 Å². The third kappa shape index (κ3) is 6.51. The Morgan fingerprint density at radius 2 is 1.56 bits per heavy atom. The van der Waals surface area contributed by atoms with E-state index in [1.54, 1.807) is 42.5 Å². The van der Waals surface area contributed by atoms with Gasteiger partial charge in [-0.15, -0.1) is 0 Å². The van der Waals surface area contributed by atoms with Gasteiger partial charge in [-0.2, -0.15) is 0 Å². The molecule has 3 aromatic rings. The smallest absolute Gasteiger partial charge is 0.264 e. The number of nitrogens with zero attached hydrogens (tertiary/aromatic N) is 1. The molecule has 0 aliphatic heterocycles. The van der Waals surface area contributed by atoms with Crippen LogP contribution in [-0.2, 0) is 14.8 Å². The van der Waals surface area contributed by atoms with Gasteiger partial charge in [0.2, 0.25) is 5.91 Å². The summed E-state index contributed by atoms with van der Waals surface area (Å²) in [5.41, 5.74) is 2.48. The number of hydrogen-bond acceptors (Lipinski definition) is 5. The standard InChI is InChI=1S/C26H30N2O5S/c1-4-32-25-13-9-8-12-24(25)28(34(30,31)23-10-6-5-7-11-23)19-26(29)27-14-15-33-22-17-20(2)16-21(3)18-22/h5-13,16-18H,4,14-15,19H2,1-3H3,(H,27,29). The Kier molecular flexibility index (Phi) is 8.54. The van der Waals surface area contributed by atoms with Gasteiger partial charge in [-0.1, -0.05) is 36.4 Å². The predicted octanol–water partition coefficient (Wildman–Crippen LogP) is 4.09. The molecule has 3 rings (SSSR count). The van der Waals surface area contributed by atoms with E-state index >= 15 is 0 Å². The third-order valence-electron chi connectivity index (χ3n) is 4.94. The SMILES string of the molecule is CCOc1ccccc1N(CC(=O)NCCOc1cc(C)cc(C)c1)S(=O)(=O)c1ccccc1. The molecule has 0 spiro atoms. The normalized spacial score (nSPS) is 11.0. The van der Waals surface area contributed by atoms with Crippen LogP contribution in [0.15, 0.2) is 77.7 Å². The van der Waals surface area contributed by atoms with E-state index < -0.39 is 22.5 Å². The molecule has 34 heavy (non-hydrogen) atoms. The zero-order chi connectivity index (χ0) is 24.6. The van der Waals surface area contributed by atoms with E-state index in [1.165, 1.54) is 12.1 Å². The van der Waals surface area contributed by atoms with Gasteiger partial charge in [0.05, 0.1) is 23.7 Å². The summed E-state index contributed by atoms with van der Waals surface area (Å²) >= 11 is 0. The van der Waals surface area contributed by atoms with Crippen LogP contribution in [0.25, 0.3) is 0 Å². The van der Waals surface area contributed by atoms with Crippen molar-refractivity contribution in [2.45, 2.75) is 25.7 Å². The first kappa shape index (κ1) is 25.1. The molecule has 0 unspecified atom stereocenters. The van der Waals surface area contributed by atoms with Crippen LogP contribution in [0.3, 0.4) is 0 Å². The highest BCUT2D eigenvalue weighted by Gasteiger charge is 2.29. The molecule has 180 valence electrons. The maximum absolute atomic E-state index is 13.5. The second-order valence-corrected chi connectivity index (χ2v) is 9.61. The second kappa shape index (κ2) is 11.6. The average Bonchev–Trinajstić information content (AvgIpc) is 2.81. The Morgan fingerprint density at radius 1 is 0.912 bits per heavy atom. The van der Waals surface area contributed by atoms with Crippen LogP contribution in [0.1, 0.15) is 18.1 Å². The number of hydrogen-bond donors (Lipinski definition) is 1. The summed E-state index contributed by atoms with van der Waals surface area (Å²) in [6.07, 6.45) is 0. The molecule has 0 aromatic heterocycles. The van der Waals surface area contributed by atoms with Crippen LogP contribution in [0.4, 0.5) is 5.69 Å². The summed E-state index contributed by atoms with van der Waals surface area (Å²) in [5, 5.41) is 2.75. The molecule has 0 saturated heterocycles.